The summed E-state index contributed by atoms with van der Waals surface area (Å²) in [4.78, 5) is 1.94. The van der Waals surface area contributed by atoms with E-state index >= 15 is 0 Å². The van der Waals surface area contributed by atoms with Gasteiger partial charge in [-0.25, -0.2) is 0 Å². The standard InChI is InChI=1S/C23H49NO2/c1-4-7-10-11-12-13-14-15-16-17-18-21-24(22(25)19-8-5-2)23(26)20-9-6-3/h22-23,25-26H,4-21H2,1-3H3. The van der Waals surface area contributed by atoms with E-state index in [0.717, 1.165) is 51.5 Å². The molecule has 0 saturated carbocycles. The second kappa shape index (κ2) is 19.6. The maximum Gasteiger partial charge on any atom is 0.109 e. The number of unbranched alkanes of at least 4 members (excludes halogenated alkanes) is 12. The first kappa shape index (κ1) is 25.9. The summed E-state index contributed by atoms with van der Waals surface area (Å²) in [7, 11) is 0. The first-order chi connectivity index (χ1) is 12.7. The summed E-state index contributed by atoms with van der Waals surface area (Å²) in [5.41, 5.74) is 0. The van der Waals surface area contributed by atoms with Crippen LogP contribution < -0.4 is 0 Å². The van der Waals surface area contributed by atoms with E-state index in [1.54, 1.807) is 0 Å². The molecule has 0 aliphatic rings. The fourth-order valence-electron chi connectivity index (χ4n) is 3.56. The van der Waals surface area contributed by atoms with Crippen molar-refractivity contribution in [1.82, 2.24) is 4.90 Å². The summed E-state index contributed by atoms with van der Waals surface area (Å²) in [5.74, 6) is 0. The quantitative estimate of drug-likeness (QED) is 0.187. The Labute approximate surface area is 164 Å². The van der Waals surface area contributed by atoms with Gasteiger partial charge in [-0.05, 0) is 32.1 Å². The van der Waals surface area contributed by atoms with Crippen LogP contribution in [0.15, 0.2) is 0 Å². The molecular formula is C23H49NO2. The van der Waals surface area contributed by atoms with Crippen molar-refractivity contribution >= 4 is 0 Å². The molecule has 0 aromatic heterocycles. The molecule has 3 heteroatoms. The van der Waals surface area contributed by atoms with E-state index in [-0.39, 0.29) is 0 Å². The Balaban J connectivity index is 3.84. The van der Waals surface area contributed by atoms with E-state index in [1.165, 1.54) is 64.2 Å². The Bertz CT molecular complexity index is 259. The second-order valence-corrected chi connectivity index (χ2v) is 8.02. The summed E-state index contributed by atoms with van der Waals surface area (Å²) in [6.07, 6.45) is 19.5. The van der Waals surface area contributed by atoms with Gasteiger partial charge in [-0.3, -0.25) is 4.90 Å². The van der Waals surface area contributed by atoms with Gasteiger partial charge in [0.2, 0.25) is 0 Å². The number of nitrogens with zero attached hydrogens (tertiary/aromatic N) is 1. The van der Waals surface area contributed by atoms with Gasteiger partial charge in [0, 0.05) is 6.54 Å². The second-order valence-electron chi connectivity index (χ2n) is 8.02. The minimum absolute atomic E-state index is 0.482. The highest BCUT2D eigenvalue weighted by Gasteiger charge is 2.21. The molecule has 0 aromatic rings. The number of hydrogen-bond donors (Lipinski definition) is 2. The molecule has 0 aliphatic heterocycles. The average Bonchev–Trinajstić information content (AvgIpc) is 2.65. The van der Waals surface area contributed by atoms with Gasteiger partial charge in [0.1, 0.15) is 12.5 Å². The van der Waals surface area contributed by atoms with Crippen LogP contribution >= 0.6 is 0 Å². The van der Waals surface area contributed by atoms with Crippen LogP contribution in [0.1, 0.15) is 130 Å². The molecule has 2 N–H and O–H groups in total. The Morgan fingerprint density at radius 2 is 0.846 bits per heavy atom. The van der Waals surface area contributed by atoms with Crippen LogP contribution in [0.2, 0.25) is 0 Å². The van der Waals surface area contributed by atoms with E-state index in [2.05, 4.69) is 20.8 Å². The molecule has 26 heavy (non-hydrogen) atoms. The normalized spacial score (nSPS) is 14.1. The van der Waals surface area contributed by atoms with Crippen LogP contribution in [-0.4, -0.2) is 34.1 Å². The molecule has 2 unspecified atom stereocenters. The van der Waals surface area contributed by atoms with Crippen molar-refractivity contribution in [3.63, 3.8) is 0 Å². The summed E-state index contributed by atoms with van der Waals surface area (Å²) >= 11 is 0. The predicted octanol–water partition coefficient (Wildman–Crippen LogP) is 6.62. The third-order valence-electron chi connectivity index (χ3n) is 5.42. The molecule has 0 bridgehead atoms. The van der Waals surface area contributed by atoms with Crippen molar-refractivity contribution in [3.8, 4) is 0 Å². The molecule has 0 saturated heterocycles. The molecule has 0 aliphatic carbocycles. The third kappa shape index (κ3) is 15.0. The van der Waals surface area contributed by atoms with Gasteiger partial charge >= 0.3 is 0 Å². The van der Waals surface area contributed by atoms with Crippen LogP contribution in [0.4, 0.5) is 0 Å². The smallest absolute Gasteiger partial charge is 0.109 e. The van der Waals surface area contributed by atoms with E-state index in [1.807, 2.05) is 4.90 Å². The molecule has 0 rings (SSSR count). The monoisotopic (exact) mass is 371 g/mol. The van der Waals surface area contributed by atoms with Crippen molar-refractivity contribution in [2.45, 2.75) is 142 Å². The molecule has 3 nitrogen and oxygen atoms in total. The zero-order valence-electron chi connectivity index (χ0n) is 18.2. The van der Waals surface area contributed by atoms with E-state index < -0.39 is 12.5 Å². The Kier molecular flexibility index (Phi) is 19.5. The van der Waals surface area contributed by atoms with Crippen LogP contribution in [-0.2, 0) is 0 Å². The van der Waals surface area contributed by atoms with Crippen LogP contribution in [0.5, 0.6) is 0 Å². The molecular weight excluding hydrogens is 322 g/mol. The van der Waals surface area contributed by atoms with Gasteiger partial charge < -0.3 is 10.2 Å². The van der Waals surface area contributed by atoms with Gasteiger partial charge in [0.15, 0.2) is 0 Å². The third-order valence-corrected chi connectivity index (χ3v) is 5.42. The lowest BCUT2D eigenvalue weighted by Gasteiger charge is -2.32. The topological polar surface area (TPSA) is 43.7 Å². The molecule has 158 valence electrons. The van der Waals surface area contributed by atoms with Gasteiger partial charge in [0.25, 0.3) is 0 Å². The van der Waals surface area contributed by atoms with E-state index in [9.17, 15) is 10.2 Å². The first-order valence-corrected chi connectivity index (χ1v) is 11.8. The van der Waals surface area contributed by atoms with Crippen LogP contribution in [0.3, 0.4) is 0 Å². The number of aliphatic hydroxyl groups is 2. The van der Waals surface area contributed by atoms with Crippen molar-refractivity contribution in [2.75, 3.05) is 6.54 Å². The predicted molar refractivity (Wildman–Crippen MR) is 114 cm³/mol. The van der Waals surface area contributed by atoms with Gasteiger partial charge in [-0.2, -0.15) is 0 Å². The highest BCUT2D eigenvalue weighted by Crippen LogP contribution is 2.16. The fraction of sp³-hybridized carbons (Fsp3) is 1.00. The minimum Gasteiger partial charge on any atom is -0.378 e. The molecule has 0 spiro atoms. The minimum atomic E-state index is -0.482. The Hall–Kier alpha value is -0.120. The lowest BCUT2D eigenvalue weighted by molar-refractivity contribution is -0.109. The zero-order chi connectivity index (χ0) is 19.5. The lowest BCUT2D eigenvalue weighted by Crippen LogP contribution is -2.44. The van der Waals surface area contributed by atoms with Crippen LogP contribution in [0, 0.1) is 0 Å². The number of aliphatic hydroxyl groups excluding tert-OH is 2. The maximum atomic E-state index is 10.4. The van der Waals surface area contributed by atoms with E-state index in [0.29, 0.717) is 0 Å². The highest BCUT2D eigenvalue weighted by atomic mass is 16.3. The largest absolute Gasteiger partial charge is 0.378 e. The summed E-state index contributed by atoms with van der Waals surface area (Å²) in [5, 5.41) is 20.9. The van der Waals surface area contributed by atoms with Crippen molar-refractivity contribution < 1.29 is 10.2 Å². The number of hydrogen-bond acceptors (Lipinski definition) is 3. The van der Waals surface area contributed by atoms with Crippen molar-refractivity contribution in [3.05, 3.63) is 0 Å². The van der Waals surface area contributed by atoms with Gasteiger partial charge in [-0.15, -0.1) is 0 Å². The van der Waals surface area contributed by atoms with Crippen molar-refractivity contribution in [1.29, 1.82) is 0 Å². The average molecular weight is 372 g/mol. The zero-order valence-corrected chi connectivity index (χ0v) is 18.2. The molecule has 0 radical (unpaired) electrons. The molecule has 0 amide bonds. The SMILES string of the molecule is CCCCCCCCCCCCCN(C(O)CCCC)C(O)CCCC. The maximum absolute atomic E-state index is 10.4. The van der Waals surface area contributed by atoms with Crippen molar-refractivity contribution in [2.24, 2.45) is 0 Å². The van der Waals surface area contributed by atoms with Crippen LogP contribution in [0.25, 0.3) is 0 Å². The van der Waals surface area contributed by atoms with Gasteiger partial charge in [0.05, 0.1) is 0 Å². The summed E-state index contributed by atoms with van der Waals surface area (Å²) in [6.45, 7) is 7.39. The number of rotatable bonds is 20. The fourth-order valence-corrected chi connectivity index (χ4v) is 3.56. The summed E-state index contributed by atoms with van der Waals surface area (Å²) in [6, 6.07) is 0. The first-order valence-electron chi connectivity index (χ1n) is 11.8. The molecule has 0 aromatic carbocycles. The Morgan fingerprint density at radius 1 is 0.500 bits per heavy atom. The summed E-state index contributed by atoms with van der Waals surface area (Å²) < 4.78 is 0. The lowest BCUT2D eigenvalue weighted by atomic mass is 10.1. The Morgan fingerprint density at radius 3 is 1.23 bits per heavy atom. The molecule has 2 atom stereocenters. The molecule has 0 heterocycles. The van der Waals surface area contributed by atoms with Gasteiger partial charge in [-0.1, -0.05) is 97.8 Å². The van der Waals surface area contributed by atoms with E-state index in [4.69, 9.17) is 0 Å². The highest BCUT2D eigenvalue weighted by molar-refractivity contribution is 4.67. The molecule has 0 fully saturated rings.